The van der Waals surface area contributed by atoms with Gasteiger partial charge in [0.2, 0.25) is 5.28 Å². The summed E-state index contributed by atoms with van der Waals surface area (Å²) in [4.78, 5) is 19.8. The first-order chi connectivity index (χ1) is 11.6. The Kier molecular flexibility index (Phi) is 4.96. The number of aromatic nitrogens is 2. The average Bonchev–Trinajstić information content (AvgIpc) is 2.60. The average molecular weight is 341 g/mol. The Balaban J connectivity index is 1.71. The molecule has 0 N–H and O–H groups in total. The lowest BCUT2D eigenvalue weighted by atomic mass is 10.0. The minimum atomic E-state index is -0.497. The fraction of sp³-hybridized carbons (Fsp3) is 0.105. The highest BCUT2D eigenvalue weighted by atomic mass is 35.5. The molecule has 1 heterocycles. The molecule has 0 saturated heterocycles. The molecule has 0 unspecified atom stereocenters. The van der Waals surface area contributed by atoms with Gasteiger partial charge in [-0.15, -0.1) is 0 Å². The van der Waals surface area contributed by atoms with Gasteiger partial charge in [-0.25, -0.2) is 14.4 Å². The smallest absolute Gasteiger partial charge is 0.222 e. The predicted molar refractivity (Wildman–Crippen MR) is 90.7 cm³/mol. The summed E-state index contributed by atoms with van der Waals surface area (Å²) >= 11 is 5.69. The van der Waals surface area contributed by atoms with Gasteiger partial charge in [0.25, 0.3) is 0 Å². The third kappa shape index (κ3) is 4.03. The molecule has 0 radical (unpaired) electrons. The van der Waals surface area contributed by atoms with E-state index in [-0.39, 0.29) is 16.8 Å². The third-order valence-corrected chi connectivity index (χ3v) is 3.82. The zero-order chi connectivity index (χ0) is 16.9. The van der Waals surface area contributed by atoms with Gasteiger partial charge in [0.05, 0.1) is 11.9 Å². The Morgan fingerprint density at radius 1 is 1.00 bits per heavy atom. The van der Waals surface area contributed by atoms with E-state index in [4.69, 9.17) is 11.6 Å². The van der Waals surface area contributed by atoms with Crippen LogP contribution in [0.1, 0.15) is 27.2 Å². The van der Waals surface area contributed by atoms with Gasteiger partial charge in [-0.3, -0.25) is 4.79 Å². The molecule has 3 rings (SSSR count). The Labute approximate surface area is 144 Å². The molecule has 0 saturated carbocycles. The summed E-state index contributed by atoms with van der Waals surface area (Å²) < 4.78 is 13.7. The van der Waals surface area contributed by atoms with Crippen LogP contribution in [-0.4, -0.2) is 15.8 Å². The Hall–Kier alpha value is -2.59. The van der Waals surface area contributed by atoms with Crippen molar-refractivity contribution >= 4 is 17.4 Å². The fourth-order valence-electron chi connectivity index (χ4n) is 2.39. The van der Waals surface area contributed by atoms with E-state index in [0.717, 1.165) is 17.3 Å². The van der Waals surface area contributed by atoms with E-state index in [1.807, 2.05) is 30.3 Å². The summed E-state index contributed by atoms with van der Waals surface area (Å²) in [5, 5.41) is 0.0149. The van der Waals surface area contributed by atoms with Crippen LogP contribution in [0.25, 0.3) is 0 Å². The molecule has 24 heavy (non-hydrogen) atoms. The highest BCUT2D eigenvalue weighted by Crippen LogP contribution is 2.15. The summed E-state index contributed by atoms with van der Waals surface area (Å²) in [7, 11) is 0. The second-order valence-corrected chi connectivity index (χ2v) is 5.73. The zero-order valence-corrected chi connectivity index (χ0v) is 13.5. The minimum absolute atomic E-state index is 0.0149. The van der Waals surface area contributed by atoms with Crippen molar-refractivity contribution < 1.29 is 9.18 Å². The van der Waals surface area contributed by atoms with E-state index in [9.17, 15) is 9.18 Å². The van der Waals surface area contributed by atoms with Crippen molar-refractivity contribution in [2.45, 2.75) is 12.8 Å². The van der Waals surface area contributed by atoms with Crippen LogP contribution in [-0.2, 0) is 12.8 Å². The molecular formula is C19H14ClFN2O. The van der Waals surface area contributed by atoms with Gasteiger partial charge in [-0.2, -0.15) is 0 Å². The van der Waals surface area contributed by atoms with Gasteiger partial charge < -0.3 is 0 Å². The number of hydrogen-bond acceptors (Lipinski definition) is 3. The molecule has 3 nitrogen and oxygen atoms in total. The number of carbonyl (C=O) groups is 1. The predicted octanol–water partition coefficient (Wildman–Crippen LogP) is 4.29. The second-order valence-electron chi connectivity index (χ2n) is 5.39. The van der Waals surface area contributed by atoms with Crippen LogP contribution in [0.2, 0.25) is 5.28 Å². The third-order valence-electron chi connectivity index (χ3n) is 3.64. The molecule has 0 aliphatic rings. The standard InChI is InChI=1S/C19H14ClFN2O/c20-19-22-12-16(21)17(23-19)10-14-6-8-15(9-7-14)18(24)11-13-4-2-1-3-5-13/h1-9,12H,10-11H2. The molecule has 5 heteroatoms. The quantitative estimate of drug-likeness (QED) is 0.514. The van der Waals surface area contributed by atoms with E-state index in [0.29, 0.717) is 18.4 Å². The minimum Gasteiger partial charge on any atom is -0.294 e. The Morgan fingerprint density at radius 3 is 2.42 bits per heavy atom. The lowest BCUT2D eigenvalue weighted by Gasteiger charge is -2.05. The first-order valence-electron chi connectivity index (χ1n) is 7.45. The van der Waals surface area contributed by atoms with Crippen LogP contribution in [0.5, 0.6) is 0 Å². The zero-order valence-electron chi connectivity index (χ0n) is 12.7. The van der Waals surface area contributed by atoms with E-state index in [1.54, 1.807) is 24.3 Å². The first kappa shape index (κ1) is 16.3. The molecular weight excluding hydrogens is 327 g/mol. The topological polar surface area (TPSA) is 42.9 Å². The van der Waals surface area contributed by atoms with E-state index >= 15 is 0 Å². The van der Waals surface area contributed by atoms with Crippen molar-refractivity contribution in [1.29, 1.82) is 0 Å². The maximum atomic E-state index is 13.7. The number of rotatable bonds is 5. The van der Waals surface area contributed by atoms with Crippen molar-refractivity contribution in [2.75, 3.05) is 0 Å². The summed E-state index contributed by atoms with van der Waals surface area (Å²) in [6.45, 7) is 0. The summed E-state index contributed by atoms with van der Waals surface area (Å²) in [6, 6.07) is 16.7. The Morgan fingerprint density at radius 2 is 1.71 bits per heavy atom. The molecule has 0 amide bonds. The SMILES string of the molecule is O=C(Cc1ccccc1)c1ccc(Cc2nc(Cl)ncc2F)cc1. The number of ketones is 1. The number of carbonyl (C=O) groups excluding carboxylic acids is 1. The summed E-state index contributed by atoms with van der Waals surface area (Å²) in [5.41, 5.74) is 2.69. The van der Waals surface area contributed by atoms with Gasteiger partial charge in [0.15, 0.2) is 11.6 Å². The van der Waals surface area contributed by atoms with Gasteiger partial charge >= 0.3 is 0 Å². The highest BCUT2D eigenvalue weighted by molar-refractivity contribution is 6.28. The first-order valence-corrected chi connectivity index (χ1v) is 7.82. The van der Waals surface area contributed by atoms with Gasteiger partial charge in [0.1, 0.15) is 0 Å². The molecule has 0 bridgehead atoms. The molecule has 0 aliphatic heterocycles. The molecule has 3 aromatic rings. The van der Waals surface area contributed by atoms with Crippen LogP contribution in [0.15, 0.2) is 60.8 Å². The number of benzene rings is 2. The number of halogens is 2. The van der Waals surface area contributed by atoms with Crippen molar-refractivity contribution in [2.24, 2.45) is 0 Å². The van der Waals surface area contributed by atoms with Crippen LogP contribution in [0, 0.1) is 5.82 Å². The van der Waals surface area contributed by atoms with Gasteiger partial charge in [-0.1, -0.05) is 54.6 Å². The largest absolute Gasteiger partial charge is 0.294 e. The van der Waals surface area contributed by atoms with Gasteiger partial charge in [-0.05, 0) is 22.7 Å². The van der Waals surface area contributed by atoms with E-state index < -0.39 is 5.82 Å². The maximum Gasteiger partial charge on any atom is 0.222 e. The van der Waals surface area contributed by atoms with Crippen molar-refractivity contribution in [3.8, 4) is 0 Å². The molecule has 0 fully saturated rings. The summed E-state index contributed by atoms with van der Waals surface area (Å²) in [6.07, 6.45) is 1.71. The second kappa shape index (κ2) is 7.32. The monoisotopic (exact) mass is 340 g/mol. The number of nitrogens with zero attached hydrogens (tertiary/aromatic N) is 2. The van der Waals surface area contributed by atoms with Gasteiger partial charge in [0, 0.05) is 18.4 Å². The van der Waals surface area contributed by atoms with Crippen molar-refractivity contribution in [1.82, 2.24) is 9.97 Å². The van der Waals surface area contributed by atoms with E-state index in [1.165, 1.54) is 0 Å². The fourth-order valence-corrected chi connectivity index (χ4v) is 2.54. The maximum absolute atomic E-state index is 13.7. The normalized spacial score (nSPS) is 10.6. The van der Waals surface area contributed by atoms with Crippen LogP contribution in [0.4, 0.5) is 4.39 Å². The van der Waals surface area contributed by atoms with Crippen molar-refractivity contribution in [3.63, 3.8) is 0 Å². The molecule has 120 valence electrons. The molecule has 0 aliphatic carbocycles. The number of hydrogen-bond donors (Lipinski definition) is 0. The summed E-state index contributed by atoms with van der Waals surface area (Å²) in [5.74, 6) is -0.451. The molecule has 0 spiro atoms. The lowest BCUT2D eigenvalue weighted by Crippen LogP contribution is -2.04. The lowest BCUT2D eigenvalue weighted by molar-refractivity contribution is 0.0993. The molecule has 1 aromatic heterocycles. The van der Waals surface area contributed by atoms with Crippen LogP contribution >= 0.6 is 11.6 Å². The highest BCUT2D eigenvalue weighted by Gasteiger charge is 2.09. The van der Waals surface area contributed by atoms with E-state index in [2.05, 4.69) is 9.97 Å². The van der Waals surface area contributed by atoms with Crippen LogP contribution in [0.3, 0.4) is 0 Å². The molecule has 2 aromatic carbocycles. The van der Waals surface area contributed by atoms with Crippen LogP contribution < -0.4 is 0 Å². The Bertz CT molecular complexity index is 851. The van der Waals surface area contributed by atoms with Crippen molar-refractivity contribution in [3.05, 3.63) is 94.3 Å². The molecule has 0 atom stereocenters. The number of Topliss-reactive ketones (excluding diaryl/α,β-unsaturated/α-hetero) is 1.